The summed E-state index contributed by atoms with van der Waals surface area (Å²) in [6, 6.07) is 12.1. The number of H-pyrrole nitrogens is 1. The largest absolute Gasteiger partial charge is 0.416 e. The molecule has 3 rings (SSSR count). The predicted octanol–water partition coefficient (Wildman–Crippen LogP) is 4.74. The van der Waals surface area contributed by atoms with Crippen molar-refractivity contribution in [3.05, 3.63) is 76.2 Å². The fourth-order valence-corrected chi connectivity index (χ4v) is 3.03. The molecule has 0 saturated heterocycles. The Morgan fingerprint density at radius 3 is 2.48 bits per heavy atom. The highest BCUT2D eigenvalue weighted by atomic mass is 35.5. The minimum absolute atomic E-state index is 0.0862. The number of aromatic nitrogens is 2. The first-order chi connectivity index (χ1) is 14.5. The number of aromatic amines is 1. The van der Waals surface area contributed by atoms with Crippen LogP contribution in [0.25, 0.3) is 11.3 Å². The monoisotopic (exact) mass is 455 g/mol. The quantitative estimate of drug-likeness (QED) is 0.527. The van der Waals surface area contributed by atoms with Gasteiger partial charge in [0, 0.05) is 12.1 Å². The first kappa shape index (κ1) is 22.8. The number of aryl methyl sites for hydroxylation is 1. The van der Waals surface area contributed by atoms with Gasteiger partial charge in [-0.2, -0.15) is 18.3 Å². The number of alkyl halides is 3. The normalized spacial score (nSPS) is 12.6. The summed E-state index contributed by atoms with van der Waals surface area (Å²) in [4.78, 5) is 13.8. The third-order valence-corrected chi connectivity index (χ3v) is 4.87. The van der Waals surface area contributed by atoms with Crippen LogP contribution in [0.3, 0.4) is 0 Å². The van der Waals surface area contributed by atoms with Gasteiger partial charge >= 0.3 is 6.18 Å². The molecular formula is C21H18ClF4N3O2. The SMILES string of the molecule is Cc1ccc(CN(CC(O)C(F)(F)F)C(=O)c2cc(-c3ccc(F)c(Cl)c3)n[nH]2)cc1. The molecule has 1 atom stereocenters. The smallest absolute Gasteiger partial charge is 0.382 e. The Hall–Kier alpha value is -2.91. The van der Waals surface area contributed by atoms with Crippen molar-refractivity contribution in [1.82, 2.24) is 15.1 Å². The number of aliphatic hydroxyl groups is 1. The molecule has 0 aliphatic carbocycles. The molecule has 0 saturated carbocycles. The highest BCUT2D eigenvalue weighted by Gasteiger charge is 2.40. The lowest BCUT2D eigenvalue weighted by atomic mass is 10.1. The molecule has 1 heterocycles. The van der Waals surface area contributed by atoms with E-state index in [0.717, 1.165) is 16.5 Å². The number of aliphatic hydroxyl groups excluding tert-OH is 1. The van der Waals surface area contributed by atoms with Gasteiger partial charge in [0.25, 0.3) is 5.91 Å². The maximum Gasteiger partial charge on any atom is 0.416 e. The predicted molar refractivity (Wildman–Crippen MR) is 107 cm³/mol. The van der Waals surface area contributed by atoms with Crippen LogP contribution in [-0.2, 0) is 6.54 Å². The Kier molecular flexibility index (Phi) is 6.66. The van der Waals surface area contributed by atoms with Gasteiger partial charge in [0.15, 0.2) is 6.10 Å². The van der Waals surface area contributed by atoms with E-state index in [9.17, 15) is 27.5 Å². The molecule has 1 amide bonds. The van der Waals surface area contributed by atoms with Crippen LogP contribution in [0.1, 0.15) is 21.6 Å². The second-order valence-electron chi connectivity index (χ2n) is 7.02. The lowest BCUT2D eigenvalue weighted by molar-refractivity contribution is -0.206. The molecule has 0 fully saturated rings. The number of hydrogen-bond acceptors (Lipinski definition) is 3. The van der Waals surface area contributed by atoms with Crippen LogP contribution in [0.2, 0.25) is 5.02 Å². The molecule has 0 aliphatic rings. The molecule has 0 aliphatic heterocycles. The van der Waals surface area contributed by atoms with Crippen molar-refractivity contribution in [2.75, 3.05) is 6.54 Å². The molecule has 2 N–H and O–H groups in total. The van der Waals surface area contributed by atoms with Crippen LogP contribution in [0, 0.1) is 12.7 Å². The number of carbonyl (C=O) groups is 1. The van der Waals surface area contributed by atoms with Crippen LogP contribution < -0.4 is 0 Å². The summed E-state index contributed by atoms with van der Waals surface area (Å²) in [5, 5.41) is 15.8. The number of benzene rings is 2. The number of hydrogen-bond donors (Lipinski definition) is 2. The van der Waals surface area contributed by atoms with Crippen molar-refractivity contribution < 1.29 is 27.5 Å². The molecule has 0 radical (unpaired) electrons. The minimum Gasteiger partial charge on any atom is -0.382 e. The van der Waals surface area contributed by atoms with Gasteiger partial charge in [-0.15, -0.1) is 0 Å². The molecule has 1 unspecified atom stereocenters. The van der Waals surface area contributed by atoms with Gasteiger partial charge < -0.3 is 10.0 Å². The maximum absolute atomic E-state index is 13.4. The number of rotatable bonds is 6. The van der Waals surface area contributed by atoms with E-state index in [1.54, 1.807) is 24.3 Å². The second kappa shape index (κ2) is 9.07. The van der Waals surface area contributed by atoms with Crippen molar-refractivity contribution in [2.24, 2.45) is 0 Å². The Morgan fingerprint density at radius 1 is 1.19 bits per heavy atom. The molecule has 1 aromatic heterocycles. The summed E-state index contributed by atoms with van der Waals surface area (Å²) < 4.78 is 52.1. The van der Waals surface area contributed by atoms with Crippen LogP contribution in [0.4, 0.5) is 17.6 Å². The average molecular weight is 456 g/mol. The van der Waals surface area contributed by atoms with E-state index in [4.69, 9.17) is 11.6 Å². The van der Waals surface area contributed by atoms with Crippen molar-refractivity contribution in [1.29, 1.82) is 0 Å². The van der Waals surface area contributed by atoms with Gasteiger partial charge in [-0.05, 0) is 36.8 Å². The standard InChI is InChI=1S/C21H18ClF4N3O2/c1-12-2-4-13(5-3-12)10-29(11-19(30)21(24,25)26)20(31)18-9-17(27-28-18)14-6-7-16(23)15(22)8-14/h2-9,19,30H,10-11H2,1H3,(H,27,28). The first-order valence-electron chi connectivity index (χ1n) is 9.15. The zero-order valence-corrected chi connectivity index (χ0v) is 17.0. The highest BCUT2D eigenvalue weighted by Crippen LogP contribution is 2.25. The number of nitrogens with zero attached hydrogens (tertiary/aromatic N) is 2. The fraction of sp³-hybridized carbons (Fsp3) is 0.238. The van der Waals surface area contributed by atoms with Gasteiger partial charge in [0.2, 0.25) is 0 Å². The number of amides is 1. The van der Waals surface area contributed by atoms with Crippen LogP contribution in [-0.4, -0.2) is 44.9 Å². The van der Waals surface area contributed by atoms with E-state index in [0.29, 0.717) is 11.1 Å². The number of nitrogens with one attached hydrogen (secondary N) is 1. The zero-order chi connectivity index (χ0) is 22.8. The third-order valence-electron chi connectivity index (χ3n) is 4.58. The van der Waals surface area contributed by atoms with Crippen LogP contribution in [0.15, 0.2) is 48.5 Å². The lowest BCUT2D eigenvalue weighted by Gasteiger charge is -2.26. The number of halogens is 5. The summed E-state index contributed by atoms with van der Waals surface area (Å²) in [7, 11) is 0. The summed E-state index contributed by atoms with van der Waals surface area (Å²) in [5.41, 5.74) is 2.14. The second-order valence-corrected chi connectivity index (χ2v) is 7.43. The van der Waals surface area contributed by atoms with E-state index < -0.39 is 30.5 Å². The summed E-state index contributed by atoms with van der Waals surface area (Å²) in [5.74, 6) is -1.40. The molecule has 2 aromatic carbocycles. The third kappa shape index (κ3) is 5.62. The molecule has 3 aromatic rings. The van der Waals surface area contributed by atoms with Gasteiger partial charge in [0.05, 0.1) is 17.3 Å². The lowest BCUT2D eigenvalue weighted by Crippen LogP contribution is -2.43. The highest BCUT2D eigenvalue weighted by molar-refractivity contribution is 6.31. The summed E-state index contributed by atoms with van der Waals surface area (Å²) in [6.07, 6.45) is -7.59. The van der Waals surface area contributed by atoms with E-state index >= 15 is 0 Å². The molecule has 0 spiro atoms. The Morgan fingerprint density at radius 2 is 1.87 bits per heavy atom. The molecule has 31 heavy (non-hydrogen) atoms. The molecule has 5 nitrogen and oxygen atoms in total. The van der Waals surface area contributed by atoms with E-state index in [-0.39, 0.29) is 23.0 Å². The van der Waals surface area contributed by atoms with E-state index in [1.807, 2.05) is 6.92 Å². The average Bonchev–Trinajstić information content (AvgIpc) is 3.20. The van der Waals surface area contributed by atoms with Crippen LogP contribution >= 0.6 is 11.6 Å². The molecule has 0 bridgehead atoms. The maximum atomic E-state index is 13.4. The minimum atomic E-state index is -4.88. The summed E-state index contributed by atoms with van der Waals surface area (Å²) in [6.45, 7) is 0.754. The zero-order valence-electron chi connectivity index (χ0n) is 16.3. The Balaban J connectivity index is 1.87. The van der Waals surface area contributed by atoms with Gasteiger partial charge in [-0.3, -0.25) is 9.89 Å². The van der Waals surface area contributed by atoms with Crippen LogP contribution in [0.5, 0.6) is 0 Å². The topological polar surface area (TPSA) is 69.2 Å². The summed E-state index contributed by atoms with van der Waals surface area (Å²) >= 11 is 5.76. The van der Waals surface area contributed by atoms with Gasteiger partial charge in [0.1, 0.15) is 11.5 Å². The van der Waals surface area contributed by atoms with Crippen molar-refractivity contribution >= 4 is 17.5 Å². The first-order valence-corrected chi connectivity index (χ1v) is 9.53. The van der Waals surface area contributed by atoms with Gasteiger partial charge in [-0.25, -0.2) is 4.39 Å². The van der Waals surface area contributed by atoms with Crippen molar-refractivity contribution in [2.45, 2.75) is 25.7 Å². The van der Waals surface area contributed by atoms with Crippen molar-refractivity contribution in [3.63, 3.8) is 0 Å². The van der Waals surface area contributed by atoms with E-state index in [2.05, 4.69) is 10.2 Å². The van der Waals surface area contributed by atoms with Gasteiger partial charge in [-0.1, -0.05) is 41.4 Å². The number of carbonyl (C=O) groups excluding carboxylic acids is 1. The van der Waals surface area contributed by atoms with Crippen molar-refractivity contribution in [3.8, 4) is 11.3 Å². The molecule has 10 heteroatoms. The Labute approximate surface area is 180 Å². The Bertz CT molecular complexity index is 1070. The fourth-order valence-electron chi connectivity index (χ4n) is 2.85. The van der Waals surface area contributed by atoms with E-state index in [1.165, 1.54) is 18.2 Å². The molecular weight excluding hydrogens is 438 g/mol. The molecule has 164 valence electrons.